The molecule has 1 aliphatic rings. The van der Waals surface area contributed by atoms with Crippen molar-refractivity contribution in [1.29, 1.82) is 0 Å². The summed E-state index contributed by atoms with van der Waals surface area (Å²) in [5, 5.41) is 9.96. The Hall–Kier alpha value is -1.44. The van der Waals surface area contributed by atoms with Gasteiger partial charge < -0.3 is 20.3 Å². The number of nitrogens with zero attached hydrogens (tertiary/aromatic N) is 2. The van der Waals surface area contributed by atoms with Crippen LogP contribution in [0.2, 0.25) is 0 Å². The van der Waals surface area contributed by atoms with E-state index in [9.17, 15) is 9.90 Å². The summed E-state index contributed by atoms with van der Waals surface area (Å²) in [4.78, 5) is 15.4. The molecule has 0 aromatic carbocycles. The van der Waals surface area contributed by atoms with Gasteiger partial charge in [0.05, 0.1) is 12.7 Å². The first kappa shape index (κ1) is 15.0. The summed E-state index contributed by atoms with van der Waals surface area (Å²) in [6.07, 6.45) is 2.32. The molecule has 20 heavy (non-hydrogen) atoms. The summed E-state index contributed by atoms with van der Waals surface area (Å²) in [6.45, 7) is 3.06. The quantitative estimate of drug-likeness (QED) is 0.728. The van der Waals surface area contributed by atoms with Crippen molar-refractivity contribution in [3.8, 4) is 0 Å². The average Bonchev–Trinajstić information content (AvgIpc) is 2.76. The third kappa shape index (κ3) is 3.56. The lowest BCUT2D eigenvalue weighted by Gasteiger charge is -2.16. The van der Waals surface area contributed by atoms with Crippen LogP contribution in [0, 0.1) is 0 Å². The lowest BCUT2D eigenvalue weighted by atomic mass is 10.2. The van der Waals surface area contributed by atoms with Gasteiger partial charge in [-0.25, -0.2) is 4.79 Å². The van der Waals surface area contributed by atoms with E-state index < -0.39 is 24.1 Å². The smallest absolute Gasteiger partial charge is 0.351 e. The first-order valence-corrected chi connectivity index (χ1v) is 6.87. The molecule has 3 N–H and O–H groups in total. The van der Waals surface area contributed by atoms with Crippen LogP contribution >= 0.6 is 0 Å². The highest BCUT2D eigenvalue weighted by Crippen LogP contribution is 2.27. The number of hydrogen-bond donors (Lipinski definition) is 2. The predicted molar refractivity (Wildman–Crippen MR) is 73.2 cm³/mol. The third-order valence-corrected chi connectivity index (χ3v) is 3.29. The number of unbranched alkanes of at least 4 members (excludes halogenated alkanes) is 1. The molecule has 0 amide bonds. The minimum Gasteiger partial charge on any atom is -0.390 e. The minimum absolute atomic E-state index is 0.171. The molecule has 7 heteroatoms. The van der Waals surface area contributed by atoms with Crippen molar-refractivity contribution < 1.29 is 14.6 Å². The highest BCUT2D eigenvalue weighted by atomic mass is 16.6. The van der Waals surface area contributed by atoms with E-state index in [0.717, 1.165) is 12.8 Å². The Morgan fingerprint density at radius 1 is 1.65 bits per heavy atom. The van der Waals surface area contributed by atoms with Gasteiger partial charge in [0.25, 0.3) is 0 Å². The monoisotopic (exact) mass is 283 g/mol. The summed E-state index contributed by atoms with van der Waals surface area (Å²) in [6, 6.07) is 1.53. The molecule has 0 radical (unpaired) electrons. The number of nitrogen functional groups attached to an aromatic ring is 1. The third-order valence-electron chi connectivity index (χ3n) is 3.29. The number of anilines is 1. The second kappa shape index (κ2) is 6.83. The van der Waals surface area contributed by atoms with Crippen molar-refractivity contribution in [2.45, 2.75) is 44.6 Å². The SMILES string of the molecule is CCCCOC[C@H]1O[C@@H](n2ccc(N)nc2=O)C[C@@H]1O. The second-order valence-electron chi connectivity index (χ2n) is 4.90. The molecule has 112 valence electrons. The summed E-state index contributed by atoms with van der Waals surface area (Å²) in [5.74, 6) is 0.171. The largest absolute Gasteiger partial charge is 0.390 e. The molecule has 2 rings (SSSR count). The Balaban J connectivity index is 1.94. The molecule has 1 aromatic heterocycles. The first-order valence-electron chi connectivity index (χ1n) is 6.87. The Labute approximate surface area is 117 Å². The zero-order valence-electron chi connectivity index (χ0n) is 11.6. The Kier molecular flexibility index (Phi) is 5.11. The van der Waals surface area contributed by atoms with Crippen molar-refractivity contribution in [1.82, 2.24) is 9.55 Å². The summed E-state index contributed by atoms with van der Waals surface area (Å²) < 4.78 is 12.5. The lowest BCUT2D eigenvalue weighted by Crippen LogP contribution is -2.28. The van der Waals surface area contributed by atoms with Crippen LogP contribution < -0.4 is 11.4 Å². The molecule has 1 fully saturated rings. The van der Waals surface area contributed by atoms with Crippen LogP contribution in [0.15, 0.2) is 17.1 Å². The molecular formula is C13H21N3O4. The fourth-order valence-corrected chi connectivity index (χ4v) is 2.13. The van der Waals surface area contributed by atoms with E-state index in [4.69, 9.17) is 15.2 Å². The number of aliphatic hydroxyl groups excluding tert-OH is 1. The highest BCUT2D eigenvalue weighted by Gasteiger charge is 2.35. The van der Waals surface area contributed by atoms with Gasteiger partial charge in [-0.05, 0) is 12.5 Å². The van der Waals surface area contributed by atoms with Crippen LogP contribution in [0.5, 0.6) is 0 Å². The molecule has 0 saturated carbocycles. The van der Waals surface area contributed by atoms with Gasteiger partial charge in [-0.15, -0.1) is 0 Å². The Morgan fingerprint density at radius 2 is 2.45 bits per heavy atom. The van der Waals surface area contributed by atoms with Crippen molar-refractivity contribution >= 4 is 5.82 Å². The van der Waals surface area contributed by atoms with Crippen molar-refractivity contribution in [2.24, 2.45) is 0 Å². The zero-order chi connectivity index (χ0) is 14.5. The van der Waals surface area contributed by atoms with Crippen LogP contribution in [0.3, 0.4) is 0 Å². The van der Waals surface area contributed by atoms with E-state index in [1.54, 1.807) is 0 Å². The van der Waals surface area contributed by atoms with Crippen molar-refractivity contribution in [3.63, 3.8) is 0 Å². The molecule has 1 aromatic rings. The first-order chi connectivity index (χ1) is 9.61. The Bertz CT molecular complexity index is 491. The maximum Gasteiger partial charge on any atom is 0.351 e. The molecule has 0 spiro atoms. The highest BCUT2D eigenvalue weighted by molar-refractivity contribution is 5.23. The van der Waals surface area contributed by atoms with Gasteiger partial charge in [0.2, 0.25) is 0 Å². The predicted octanol–water partition coefficient (Wildman–Crippen LogP) is 0.291. The van der Waals surface area contributed by atoms with E-state index in [1.165, 1.54) is 16.8 Å². The fourth-order valence-electron chi connectivity index (χ4n) is 2.13. The molecule has 1 saturated heterocycles. The number of nitrogens with two attached hydrogens (primary N) is 1. The zero-order valence-corrected chi connectivity index (χ0v) is 11.6. The normalized spacial score (nSPS) is 26.0. The van der Waals surface area contributed by atoms with Gasteiger partial charge in [-0.3, -0.25) is 4.57 Å². The van der Waals surface area contributed by atoms with Gasteiger partial charge in [-0.1, -0.05) is 13.3 Å². The number of hydrogen-bond acceptors (Lipinski definition) is 6. The molecule has 0 unspecified atom stereocenters. The standard InChI is InChI=1S/C13H21N3O4/c1-2-3-6-19-8-10-9(17)7-12(20-10)16-5-4-11(14)15-13(16)18/h4-5,9-10,12,17H,2-3,6-8H2,1H3,(H2,14,15,18)/t9-,10+,12+/m0/s1. The maximum absolute atomic E-state index is 11.7. The van der Waals surface area contributed by atoms with Crippen LogP contribution in [-0.2, 0) is 9.47 Å². The molecule has 3 atom stereocenters. The lowest BCUT2D eigenvalue weighted by molar-refractivity contribution is -0.0636. The van der Waals surface area contributed by atoms with E-state index in [-0.39, 0.29) is 5.82 Å². The van der Waals surface area contributed by atoms with E-state index in [1.807, 2.05) is 0 Å². The maximum atomic E-state index is 11.7. The van der Waals surface area contributed by atoms with Crippen LogP contribution in [0.25, 0.3) is 0 Å². The minimum atomic E-state index is -0.647. The molecule has 0 aliphatic carbocycles. The van der Waals surface area contributed by atoms with Crippen molar-refractivity contribution in [2.75, 3.05) is 18.9 Å². The van der Waals surface area contributed by atoms with Gasteiger partial charge in [-0.2, -0.15) is 4.98 Å². The fraction of sp³-hybridized carbons (Fsp3) is 0.692. The van der Waals surface area contributed by atoms with Crippen LogP contribution in [-0.4, -0.2) is 40.1 Å². The van der Waals surface area contributed by atoms with Crippen LogP contribution in [0.4, 0.5) is 5.82 Å². The van der Waals surface area contributed by atoms with E-state index in [0.29, 0.717) is 19.6 Å². The van der Waals surface area contributed by atoms with Gasteiger partial charge >= 0.3 is 5.69 Å². The summed E-state index contributed by atoms with van der Waals surface area (Å²) >= 11 is 0. The summed E-state index contributed by atoms with van der Waals surface area (Å²) in [7, 11) is 0. The van der Waals surface area contributed by atoms with E-state index >= 15 is 0 Å². The number of aliphatic hydroxyl groups is 1. The van der Waals surface area contributed by atoms with Crippen LogP contribution in [0.1, 0.15) is 32.4 Å². The van der Waals surface area contributed by atoms with Gasteiger partial charge in [0.1, 0.15) is 18.1 Å². The molecular weight excluding hydrogens is 262 g/mol. The number of aromatic nitrogens is 2. The van der Waals surface area contributed by atoms with Crippen molar-refractivity contribution in [3.05, 3.63) is 22.7 Å². The summed E-state index contributed by atoms with van der Waals surface area (Å²) in [5.41, 5.74) is 4.96. The molecule has 0 bridgehead atoms. The van der Waals surface area contributed by atoms with E-state index in [2.05, 4.69) is 11.9 Å². The number of rotatable bonds is 6. The molecule has 1 aliphatic heterocycles. The average molecular weight is 283 g/mol. The van der Waals surface area contributed by atoms with Gasteiger partial charge in [0, 0.05) is 19.2 Å². The topological polar surface area (TPSA) is 99.6 Å². The molecule has 2 heterocycles. The second-order valence-corrected chi connectivity index (χ2v) is 4.90. The number of ether oxygens (including phenoxy) is 2. The van der Waals surface area contributed by atoms with Gasteiger partial charge in [0.15, 0.2) is 0 Å². The molecule has 7 nitrogen and oxygen atoms in total. The Morgan fingerprint density at radius 3 is 3.15 bits per heavy atom.